The molecule has 9 heteroatoms. The van der Waals surface area contributed by atoms with Gasteiger partial charge >= 0.3 is 0 Å². The van der Waals surface area contributed by atoms with Crippen molar-refractivity contribution < 1.29 is 4.79 Å². The van der Waals surface area contributed by atoms with Crippen molar-refractivity contribution in [2.75, 3.05) is 18.4 Å². The Hall–Kier alpha value is -3.43. The van der Waals surface area contributed by atoms with Crippen LogP contribution < -0.4 is 10.6 Å². The molecule has 4 aromatic rings. The van der Waals surface area contributed by atoms with Crippen LogP contribution in [-0.4, -0.2) is 43.6 Å². The van der Waals surface area contributed by atoms with Crippen LogP contribution in [0.4, 0.5) is 11.6 Å². The van der Waals surface area contributed by atoms with Crippen LogP contribution in [0, 0.1) is 6.92 Å². The Morgan fingerprint density at radius 3 is 2.81 bits per heavy atom. The number of nitrogens with zero attached hydrogens (tertiary/aromatic N) is 5. The Morgan fingerprint density at radius 2 is 2.08 bits per heavy atom. The molecule has 4 heterocycles. The summed E-state index contributed by atoms with van der Waals surface area (Å²) in [7, 11) is 0. The van der Waals surface area contributed by atoms with Gasteiger partial charge in [-0.2, -0.15) is 5.10 Å². The molecule has 1 aliphatic rings. The Labute approximate surface area is 221 Å². The first-order valence-electron chi connectivity index (χ1n) is 12.7. The molecule has 1 saturated heterocycles. The molecule has 5 rings (SSSR count). The van der Waals surface area contributed by atoms with Gasteiger partial charge in [0.05, 0.1) is 33.5 Å². The fraction of sp³-hybridized carbons (Fsp3) is 0.393. The molecule has 1 aromatic carbocycles. The van der Waals surface area contributed by atoms with Crippen LogP contribution in [-0.2, 0) is 11.8 Å². The third-order valence-electron chi connectivity index (χ3n) is 6.60. The van der Waals surface area contributed by atoms with Crippen molar-refractivity contribution in [2.45, 2.75) is 58.4 Å². The minimum Gasteiger partial charge on any atom is -0.321 e. The van der Waals surface area contributed by atoms with Crippen LogP contribution in [0.15, 0.2) is 49.1 Å². The molecule has 192 valence electrons. The maximum atomic E-state index is 12.8. The zero-order valence-electron chi connectivity index (χ0n) is 21.8. The van der Waals surface area contributed by atoms with Gasteiger partial charge in [-0.3, -0.25) is 9.48 Å². The van der Waals surface area contributed by atoms with Crippen LogP contribution >= 0.6 is 11.3 Å². The number of rotatable bonds is 8. The monoisotopic (exact) mass is 515 g/mol. The number of carbonyl (C=O) groups excluding carboxylic acids is 1. The molecule has 1 aliphatic heterocycles. The lowest BCUT2D eigenvalue weighted by Crippen LogP contribution is -2.13. The molecule has 2 N–H and O–H groups in total. The zero-order chi connectivity index (χ0) is 26.0. The number of hydrogen-bond donors (Lipinski definition) is 2. The van der Waals surface area contributed by atoms with Crippen LogP contribution in [0.2, 0.25) is 0 Å². The first-order chi connectivity index (χ1) is 17.8. The number of ketones is 1. The summed E-state index contributed by atoms with van der Waals surface area (Å²) in [5, 5.41) is 12.1. The SMILES string of the molecule is Cc1cc(-c2ccnc(Nc3cnn([C@@H]4CCNC4)c3)n2)ccc1CCC(=O)c1cnc(C(C)(C)C)s1. The summed E-state index contributed by atoms with van der Waals surface area (Å²) >= 11 is 1.51. The Balaban J connectivity index is 1.23. The number of benzene rings is 1. The van der Waals surface area contributed by atoms with E-state index in [4.69, 9.17) is 4.98 Å². The number of aromatic nitrogens is 5. The van der Waals surface area contributed by atoms with E-state index in [0.717, 1.165) is 51.9 Å². The Kier molecular flexibility index (Phi) is 7.17. The molecule has 0 unspecified atom stereocenters. The fourth-order valence-corrected chi connectivity index (χ4v) is 5.37. The van der Waals surface area contributed by atoms with Gasteiger partial charge in [0.25, 0.3) is 0 Å². The summed E-state index contributed by atoms with van der Waals surface area (Å²) in [6, 6.07) is 8.59. The quantitative estimate of drug-likeness (QED) is 0.299. The van der Waals surface area contributed by atoms with Gasteiger partial charge in [-0.05, 0) is 49.6 Å². The number of aryl methyl sites for hydroxylation is 2. The average molecular weight is 516 g/mol. The van der Waals surface area contributed by atoms with Crippen LogP contribution in [0.3, 0.4) is 0 Å². The van der Waals surface area contributed by atoms with Crippen LogP contribution in [0.25, 0.3) is 11.3 Å². The Morgan fingerprint density at radius 1 is 1.22 bits per heavy atom. The van der Waals surface area contributed by atoms with Gasteiger partial charge in [0.2, 0.25) is 5.95 Å². The first-order valence-corrected chi connectivity index (χ1v) is 13.5. The minimum atomic E-state index is -0.0405. The van der Waals surface area contributed by atoms with E-state index in [0.29, 0.717) is 24.8 Å². The molecule has 0 bridgehead atoms. The number of Topliss-reactive ketones (excluding diaryl/α,β-unsaturated/α-hetero) is 1. The van der Waals surface area contributed by atoms with Gasteiger partial charge in [-0.15, -0.1) is 11.3 Å². The molecule has 0 amide bonds. The van der Waals surface area contributed by atoms with Gasteiger partial charge in [0.1, 0.15) is 0 Å². The van der Waals surface area contributed by atoms with Crippen molar-refractivity contribution >= 4 is 28.8 Å². The van der Waals surface area contributed by atoms with E-state index in [2.05, 4.69) is 71.6 Å². The second-order valence-electron chi connectivity index (χ2n) is 10.6. The predicted molar refractivity (Wildman–Crippen MR) is 148 cm³/mol. The number of nitrogens with one attached hydrogen (secondary N) is 2. The largest absolute Gasteiger partial charge is 0.321 e. The molecule has 0 spiro atoms. The summed E-state index contributed by atoms with van der Waals surface area (Å²) < 4.78 is 2.00. The second kappa shape index (κ2) is 10.5. The lowest BCUT2D eigenvalue weighted by Gasteiger charge is -2.13. The highest BCUT2D eigenvalue weighted by atomic mass is 32.1. The molecule has 0 aliphatic carbocycles. The van der Waals surface area contributed by atoms with E-state index in [1.807, 2.05) is 23.1 Å². The Bertz CT molecular complexity index is 1400. The molecule has 1 atom stereocenters. The first kappa shape index (κ1) is 25.2. The molecule has 0 radical (unpaired) electrons. The van der Waals surface area contributed by atoms with E-state index < -0.39 is 0 Å². The summed E-state index contributed by atoms with van der Waals surface area (Å²) in [4.78, 5) is 27.1. The summed E-state index contributed by atoms with van der Waals surface area (Å²) in [6.45, 7) is 10.4. The van der Waals surface area contributed by atoms with Gasteiger partial charge in [0, 0.05) is 42.5 Å². The molecule has 37 heavy (non-hydrogen) atoms. The van der Waals surface area contributed by atoms with E-state index >= 15 is 0 Å². The smallest absolute Gasteiger partial charge is 0.227 e. The number of anilines is 2. The van der Waals surface area contributed by atoms with Crippen molar-refractivity contribution in [1.29, 1.82) is 0 Å². The fourth-order valence-electron chi connectivity index (χ4n) is 4.43. The number of hydrogen-bond acceptors (Lipinski definition) is 8. The summed E-state index contributed by atoms with van der Waals surface area (Å²) in [5.74, 6) is 0.684. The molecule has 3 aromatic heterocycles. The van der Waals surface area contributed by atoms with Crippen molar-refractivity contribution in [3.63, 3.8) is 0 Å². The minimum absolute atomic E-state index is 0.0405. The maximum absolute atomic E-state index is 12.8. The molecule has 0 saturated carbocycles. The van der Waals surface area contributed by atoms with Crippen molar-refractivity contribution in [1.82, 2.24) is 30.0 Å². The highest BCUT2D eigenvalue weighted by molar-refractivity contribution is 7.13. The average Bonchev–Trinajstić information content (AvgIpc) is 3.64. The predicted octanol–water partition coefficient (Wildman–Crippen LogP) is 5.50. The topological polar surface area (TPSA) is 97.6 Å². The maximum Gasteiger partial charge on any atom is 0.227 e. The van der Waals surface area contributed by atoms with E-state index in [1.165, 1.54) is 16.9 Å². The van der Waals surface area contributed by atoms with Crippen molar-refractivity contribution in [3.05, 3.63) is 70.1 Å². The van der Waals surface area contributed by atoms with E-state index in [-0.39, 0.29) is 11.2 Å². The summed E-state index contributed by atoms with van der Waals surface area (Å²) in [6.07, 6.45) is 9.55. The third-order valence-corrected chi connectivity index (χ3v) is 8.07. The molecular formula is C28H33N7OS. The molecule has 8 nitrogen and oxygen atoms in total. The highest BCUT2D eigenvalue weighted by Crippen LogP contribution is 2.28. The zero-order valence-corrected chi connectivity index (χ0v) is 22.6. The molecular weight excluding hydrogens is 482 g/mol. The van der Waals surface area contributed by atoms with Gasteiger partial charge in [0.15, 0.2) is 5.78 Å². The molecule has 1 fully saturated rings. The lowest BCUT2D eigenvalue weighted by atomic mass is 9.98. The third kappa shape index (κ3) is 5.94. The van der Waals surface area contributed by atoms with Gasteiger partial charge in [-0.25, -0.2) is 15.0 Å². The lowest BCUT2D eigenvalue weighted by molar-refractivity contribution is 0.0986. The number of thiazole rings is 1. The number of carbonyl (C=O) groups is 1. The van der Waals surface area contributed by atoms with E-state index in [9.17, 15) is 4.79 Å². The van der Waals surface area contributed by atoms with Crippen LogP contribution in [0.5, 0.6) is 0 Å². The van der Waals surface area contributed by atoms with Crippen molar-refractivity contribution in [3.8, 4) is 11.3 Å². The summed E-state index contributed by atoms with van der Waals surface area (Å²) in [5.41, 5.74) is 5.00. The van der Waals surface area contributed by atoms with Gasteiger partial charge in [-0.1, -0.05) is 32.9 Å². The van der Waals surface area contributed by atoms with Gasteiger partial charge < -0.3 is 10.6 Å². The highest BCUT2D eigenvalue weighted by Gasteiger charge is 2.20. The standard InChI is InChI=1S/C28H33N7OS/c1-18-13-20(6-5-19(18)7-8-24(36)25-16-31-26(37-25)28(2,3)4)23-10-12-30-27(34-23)33-21-14-32-35(17-21)22-9-11-29-15-22/h5-6,10,12-14,16-17,22,29H,7-9,11,15H2,1-4H3,(H,30,33,34)/t22-/m1/s1. The normalized spacial score (nSPS) is 15.7. The van der Waals surface area contributed by atoms with Crippen LogP contribution in [0.1, 0.15) is 65.5 Å². The van der Waals surface area contributed by atoms with E-state index in [1.54, 1.807) is 12.4 Å². The van der Waals surface area contributed by atoms with Crippen molar-refractivity contribution in [2.24, 2.45) is 0 Å². The second-order valence-corrected chi connectivity index (χ2v) is 11.6.